The van der Waals surface area contributed by atoms with Gasteiger partial charge < -0.3 is 19.8 Å². The van der Waals surface area contributed by atoms with Crippen LogP contribution >= 0.6 is 11.9 Å². The number of allylic oxidation sites excluding steroid dienone is 1. The van der Waals surface area contributed by atoms with Crippen LogP contribution in [0.5, 0.6) is 5.75 Å². The highest BCUT2D eigenvalue weighted by Crippen LogP contribution is 2.47. The van der Waals surface area contributed by atoms with E-state index in [1.54, 1.807) is 14.2 Å². The molecule has 2 aliphatic carbocycles. The first-order chi connectivity index (χ1) is 20.9. The van der Waals surface area contributed by atoms with Crippen LogP contribution in [-0.4, -0.2) is 52.9 Å². The summed E-state index contributed by atoms with van der Waals surface area (Å²) in [6, 6.07) is 12.1. The monoisotopic (exact) mass is 598 g/mol. The number of hydrogen-bond acceptors (Lipinski definition) is 6. The van der Waals surface area contributed by atoms with Gasteiger partial charge in [0.15, 0.2) is 0 Å². The van der Waals surface area contributed by atoms with Crippen LogP contribution in [0.4, 0.5) is 0 Å². The number of ether oxygens (including phenoxy) is 1. The zero-order chi connectivity index (χ0) is 30.1. The summed E-state index contributed by atoms with van der Waals surface area (Å²) in [4.78, 5) is 29.9. The van der Waals surface area contributed by atoms with Gasteiger partial charge in [-0.25, -0.2) is 0 Å². The van der Waals surface area contributed by atoms with Gasteiger partial charge in [-0.3, -0.25) is 19.3 Å². The number of nitrogens with zero attached hydrogens (tertiary/aromatic N) is 2. The summed E-state index contributed by atoms with van der Waals surface area (Å²) in [5, 5.41) is 19.5. The fourth-order valence-electron chi connectivity index (χ4n) is 6.77. The second kappa shape index (κ2) is 12.4. The van der Waals surface area contributed by atoms with E-state index in [0.29, 0.717) is 40.3 Å². The van der Waals surface area contributed by atoms with Crippen LogP contribution < -0.4 is 9.46 Å². The predicted molar refractivity (Wildman–Crippen MR) is 174 cm³/mol. The number of fused-ring (bicyclic) bond motifs is 5. The van der Waals surface area contributed by atoms with E-state index in [-0.39, 0.29) is 5.91 Å². The Bertz CT molecular complexity index is 1650. The van der Waals surface area contributed by atoms with Crippen LogP contribution in [0.3, 0.4) is 0 Å². The number of methoxy groups -OCH3 is 1. The lowest BCUT2D eigenvalue weighted by Gasteiger charge is -2.24. The summed E-state index contributed by atoms with van der Waals surface area (Å²) in [7, 11) is 3.22. The first-order valence-corrected chi connectivity index (χ1v) is 16.0. The van der Waals surface area contributed by atoms with Crippen molar-refractivity contribution in [2.75, 3.05) is 14.2 Å². The van der Waals surface area contributed by atoms with Gasteiger partial charge in [0.25, 0.3) is 5.91 Å². The Morgan fingerprint density at radius 2 is 1.91 bits per heavy atom. The number of nitrogens with one attached hydrogen (secondary N) is 2. The molecule has 3 N–H and O–H groups in total. The fourth-order valence-corrected chi connectivity index (χ4v) is 7.73. The maximum absolute atomic E-state index is 13.3. The molecule has 224 valence electrons. The van der Waals surface area contributed by atoms with E-state index in [2.05, 4.69) is 26.4 Å². The third kappa shape index (κ3) is 5.51. The molecule has 2 aromatic carbocycles. The van der Waals surface area contributed by atoms with Gasteiger partial charge in [0, 0.05) is 40.5 Å². The van der Waals surface area contributed by atoms with Crippen LogP contribution in [0.2, 0.25) is 0 Å². The van der Waals surface area contributed by atoms with Gasteiger partial charge in [0.2, 0.25) is 0 Å². The molecule has 1 atom stereocenters. The highest BCUT2D eigenvalue weighted by molar-refractivity contribution is 7.98. The van der Waals surface area contributed by atoms with Crippen molar-refractivity contribution in [1.82, 2.24) is 9.29 Å². The van der Waals surface area contributed by atoms with Gasteiger partial charge in [-0.15, -0.1) is 0 Å². The van der Waals surface area contributed by atoms with Crippen molar-refractivity contribution < 1.29 is 19.4 Å². The molecule has 2 saturated carbocycles. The molecule has 43 heavy (non-hydrogen) atoms. The van der Waals surface area contributed by atoms with Gasteiger partial charge in [0.1, 0.15) is 11.7 Å². The van der Waals surface area contributed by atoms with Gasteiger partial charge in [0.05, 0.1) is 25.1 Å². The van der Waals surface area contributed by atoms with Crippen LogP contribution in [-0.2, 0) is 11.3 Å². The van der Waals surface area contributed by atoms with Crippen molar-refractivity contribution in [3.8, 4) is 17.0 Å². The molecule has 3 aromatic rings. The smallest absolute Gasteiger partial charge is 0.318 e. The number of aliphatic imine (C=N–C) groups is 1. The molecule has 8 nitrogen and oxygen atoms in total. The Morgan fingerprint density at radius 3 is 2.56 bits per heavy atom. The van der Waals surface area contributed by atoms with Crippen molar-refractivity contribution in [2.45, 2.75) is 69.1 Å². The molecule has 1 aliphatic heterocycles. The zero-order valence-corrected chi connectivity index (χ0v) is 25.5. The van der Waals surface area contributed by atoms with Crippen molar-refractivity contribution in [1.29, 1.82) is 5.41 Å². The second-order valence-electron chi connectivity index (χ2n) is 11.7. The summed E-state index contributed by atoms with van der Waals surface area (Å²) in [6.45, 7) is 0.363. The molecule has 0 radical (unpaired) electrons. The minimum atomic E-state index is -1.17. The lowest BCUT2D eigenvalue weighted by Crippen LogP contribution is -2.28. The summed E-state index contributed by atoms with van der Waals surface area (Å²) in [6.07, 6.45) is 12.2. The molecule has 1 unspecified atom stereocenters. The third-order valence-electron chi connectivity index (χ3n) is 9.22. The molecular formula is C34H38N4O4S. The number of carboxylic acids is 1. The maximum atomic E-state index is 13.3. The molecule has 0 spiro atoms. The molecule has 6 rings (SSSR count). The number of hydrogen-bond donors (Lipinski definition) is 3. The standard InChI is InChI=1S/C34H38N4O4S/c1-36-31(28(18-35)34(40)41)23-15-22-16-24(42-2)12-14-26(22)32-30(20-7-4-3-5-8-20)27-13-11-21(17-29(27)38(32)19-23)33(39)37-43-25-9-6-10-25/h11-18,20,25,28,35H,3-10,19H2,1-2H3,(H,37,39)(H,40,41). The Morgan fingerprint density at radius 1 is 1.12 bits per heavy atom. The van der Waals surface area contributed by atoms with Crippen molar-refractivity contribution >= 4 is 52.7 Å². The van der Waals surface area contributed by atoms with Crippen molar-refractivity contribution in [3.63, 3.8) is 0 Å². The van der Waals surface area contributed by atoms with Crippen LogP contribution in [0, 0.1) is 11.3 Å². The molecule has 2 heterocycles. The van der Waals surface area contributed by atoms with Gasteiger partial charge in [-0.2, -0.15) is 0 Å². The van der Waals surface area contributed by atoms with E-state index < -0.39 is 11.9 Å². The number of amides is 1. The minimum absolute atomic E-state index is 0.103. The Hall–Kier alpha value is -3.85. The lowest BCUT2D eigenvalue weighted by atomic mass is 9.81. The maximum Gasteiger partial charge on any atom is 0.318 e. The number of rotatable bonds is 9. The molecule has 1 aromatic heterocycles. The molecule has 1 amide bonds. The van der Waals surface area contributed by atoms with E-state index in [4.69, 9.17) is 10.1 Å². The van der Waals surface area contributed by atoms with Gasteiger partial charge in [-0.05, 0) is 96.7 Å². The molecule has 9 heteroatoms. The normalized spacial score (nSPS) is 18.1. The SMILES string of the molecule is CN=C(C1=Cc2cc(OC)ccc2-c2c(C3CCCCC3)c3ccc(C(=O)NSC4CCC4)cc3n2C1)C(C=N)C(=O)O. The first kappa shape index (κ1) is 29.2. The lowest BCUT2D eigenvalue weighted by molar-refractivity contribution is -0.137. The molecule has 0 saturated heterocycles. The summed E-state index contributed by atoms with van der Waals surface area (Å²) >= 11 is 1.52. The van der Waals surface area contributed by atoms with E-state index in [1.165, 1.54) is 43.2 Å². The van der Waals surface area contributed by atoms with E-state index in [0.717, 1.165) is 59.6 Å². The Balaban J connectivity index is 1.57. The largest absolute Gasteiger partial charge is 0.497 e. The fraction of sp³-hybridized carbons (Fsp3) is 0.412. The average Bonchev–Trinajstić information content (AvgIpc) is 3.21. The number of carbonyl (C=O) groups is 2. The molecule has 0 bridgehead atoms. The number of carbonyl (C=O) groups excluding carboxylic acids is 1. The number of aromatic nitrogens is 1. The number of benzene rings is 2. The first-order valence-electron chi connectivity index (χ1n) is 15.1. The van der Waals surface area contributed by atoms with Crippen molar-refractivity contribution in [2.24, 2.45) is 10.9 Å². The summed E-state index contributed by atoms with van der Waals surface area (Å²) < 4.78 is 10.9. The molecule has 2 fully saturated rings. The highest BCUT2D eigenvalue weighted by atomic mass is 32.2. The Kier molecular flexibility index (Phi) is 8.43. The van der Waals surface area contributed by atoms with Gasteiger partial charge >= 0.3 is 5.97 Å². The molecule has 3 aliphatic rings. The van der Waals surface area contributed by atoms with Crippen LogP contribution in [0.25, 0.3) is 28.2 Å². The predicted octanol–water partition coefficient (Wildman–Crippen LogP) is 7.11. The van der Waals surface area contributed by atoms with Crippen LogP contribution in [0.1, 0.15) is 78.8 Å². The second-order valence-corrected chi connectivity index (χ2v) is 12.8. The third-order valence-corrected chi connectivity index (χ3v) is 10.3. The van der Waals surface area contributed by atoms with E-state index in [9.17, 15) is 14.7 Å². The van der Waals surface area contributed by atoms with E-state index >= 15 is 0 Å². The number of aliphatic carboxylic acids is 1. The highest BCUT2D eigenvalue weighted by Gasteiger charge is 2.32. The zero-order valence-electron chi connectivity index (χ0n) is 24.7. The van der Waals surface area contributed by atoms with Gasteiger partial charge in [-0.1, -0.05) is 31.7 Å². The van der Waals surface area contributed by atoms with E-state index in [1.807, 2.05) is 30.3 Å². The quantitative estimate of drug-likeness (QED) is 0.179. The summed E-state index contributed by atoms with van der Waals surface area (Å²) in [5.41, 5.74) is 6.96. The number of carboxylic acid groups (broad SMARTS) is 1. The van der Waals surface area contributed by atoms with Crippen molar-refractivity contribution in [3.05, 3.63) is 58.7 Å². The topological polar surface area (TPSA) is 117 Å². The molecular weight excluding hydrogens is 560 g/mol. The summed E-state index contributed by atoms with van der Waals surface area (Å²) in [5.74, 6) is -1.30. The Labute approximate surface area is 256 Å². The van der Waals surface area contributed by atoms with Crippen LogP contribution in [0.15, 0.2) is 47.0 Å². The average molecular weight is 599 g/mol. The minimum Gasteiger partial charge on any atom is -0.497 e.